The molecule has 0 fully saturated rings. The molecule has 0 rings (SSSR count). The fourth-order valence-corrected chi connectivity index (χ4v) is 0.891. The number of nitrogens with two attached hydrogens (primary N) is 1. The van der Waals surface area contributed by atoms with E-state index in [1.165, 1.54) is 32.9 Å². The molecule has 0 aliphatic carbocycles. The van der Waals surface area contributed by atoms with Crippen LogP contribution >= 0.6 is 0 Å². The fraction of sp³-hybridized carbons (Fsp3) is 0.400. The summed E-state index contributed by atoms with van der Waals surface area (Å²) in [5.74, 6) is 0.1000. The normalized spacial score (nSPS) is 14.5. The maximum absolute atomic E-state index is 13.4. The minimum absolute atomic E-state index is 0.1000. The molecule has 0 unspecified atom stereocenters. The summed E-state index contributed by atoms with van der Waals surface area (Å²) in [5, 5.41) is 8.87. The third-order valence-electron chi connectivity index (χ3n) is 1.48. The molecule has 0 radical (unpaired) electrons. The SMILES string of the molecule is C=C(N)/C(=C\C=C(/C)O)C(C)(C)F. The summed E-state index contributed by atoms with van der Waals surface area (Å²) in [6.45, 7) is 7.73. The van der Waals surface area contributed by atoms with E-state index in [-0.39, 0.29) is 17.0 Å². The summed E-state index contributed by atoms with van der Waals surface area (Å²) in [7, 11) is 0. The summed E-state index contributed by atoms with van der Waals surface area (Å²) in [6, 6.07) is 0. The number of rotatable bonds is 3. The Balaban J connectivity index is 4.95. The quantitative estimate of drug-likeness (QED) is 0.524. The van der Waals surface area contributed by atoms with Crippen LogP contribution in [0.5, 0.6) is 0 Å². The van der Waals surface area contributed by atoms with E-state index in [4.69, 9.17) is 10.8 Å². The standard InChI is InChI=1S/C10H16FNO/c1-7(13)5-6-9(8(2)12)10(3,4)11/h5-6,13H,2,12H2,1,3-4H3/b7-5+,9-6+. The summed E-state index contributed by atoms with van der Waals surface area (Å²) >= 11 is 0. The van der Waals surface area contributed by atoms with Gasteiger partial charge in [0.2, 0.25) is 0 Å². The Bertz CT molecular complexity index is 255. The van der Waals surface area contributed by atoms with E-state index in [0.717, 1.165) is 0 Å². The molecule has 0 bridgehead atoms. The highest BCUT2D eigenvalue weighted by molar-refractivity contribution is 5.36. The van der Waals surface area contributed by atoms with Gasteiger partial charge in [0.05, 0.1) is 5.76 Å². The average Bonchev–Trinajstić information content (AvgIpc) is 1.81. The molecule has 0 aliphatic heterocycles. The smallest absolute Gasteiger partial charge is 0.132 e. The highest BCUT2D eigenvalue weighted by Crippen LogP contribution is 2.24. The summed E-state index contributed by atoms with van der Waals surface area (Å²) < 4.78 is 13.4. The largest absolute Gasteiger partial charge is 0.513 e. The van der Waals surface area contributed by atoms with Crippen molar-refractivity contribution in [1.29, 1.82) is 0 Å². The Labute approximate surface area is 78.3 Å². The van der Waals surface area contributed by atoms with Gasteiger partial charge in [-0.15, -0.1) is 0 Å². The van der Waals surface area contributed by atoms with Crippen LogP contribution in [0.4, 0.5) is 4.39 Å². The highest BCUT2D eigenvalue weighted by Gasteiger charge is 2.22. The first-order chi connectivity index (χ1) is 5.75. The molecule has 0 saturated heterocycles. The molecule has 3 heteroatoms. The molecule has 0 amide bonds. The average molecular weight is 185 g/mol. The predicted molar refractivity (Wildman–Crippen MR) is 53.0 cm³/mol. The monoisotopic (exact) mass is 185 g/mol. The zero-order chi connectivity index (χ0) is 10.6. The van der Waals surface area contributed by atoms with E-state index in [1.54, 1.807) is 0 Å². The Morgan fingerprint density at radius 3 is 2.15 bits per heavy atom. The van der Waals surface area contributed by atoms with Gasteiger partial charge in [0.15, 0.2) is 0 Å². The predicted octanol–water partition coefficient (Wildman–Crippen LogP) is 2.60. The molecule has 13 heavy (non-hydrogen) atoms. The molecule has 0 spiro atoms. The molecule has 0 aromatic carbocycles. The molecule has 2 nitrogen and oxygen atoms in total. The second kappa shape index (κ2) is 4.12. The molecule has 0 aliphatic rings. The first-order valence-corrected chi connectivity index (χ1v) is 3.97. The second-order valence-electron chi connectivity index (χ2n) is 3.39. The van der Waals surface area contributed by atoms with Crippen LogP contribution in [-0.4, -0.2) is 10.8 Å². The van der Waals surface area contributed by atoms with Gasteiger partial charge in [-0.05, 0) is 26.8 Å². The van der Waals surface area contributed by atoms with Crippen molar-refractivity contribution in [2.24, 2.45) is 5.73 Å². The van der Waals surface area contributed by atoms with E-state index in [0.29, 0.717) is 0 Å². The van der Waals surface area contributed by atoms with Gasteiger partial charge >= 0.3 is 0 Å². The van der Waals surface area contributed by atoms with Crippen LogP contribution in [0.25, 0.3) is 0 Å². The maximum atomic E-state index is 13.4. The molecule has 0 heterocycles. The second-order valence-corrected chi connectivity index (χ2v) is 3.39. The lowest BCUT2D eigenvalue weighted by molar-refractivity contribution is 0.271. The lowest BCUT2D eigenvalue weighted by Gasteiger charge is -2.18. The third kappa shape index (κ3) is 4.35. The van der Waals surface area contributed by atoms with Crippen molar-refractivity contribution < 1.29 is 9.50 Å². The van der Waals surface area contributed by atoms with Gasteiger partial charge in [-0.2, -0.15) is 0 Å². The Morgan fingerprint density at radius 1 is 1.46 bits per heavy atom. The van der Waals surface area contributed by atoms with Gasteiger partial charge in [0, 0.05) is 11.3 Å². The van der Waals surface area contributed by atoms with Gasteiger partial charge < -0.3 is 10.8 Å². The number of hydrogen-bond donors (Lipinski definition) is 2. The zero-order valence-corrected chi connectivity index (χ0v) is 8.26. The van der Waals surface area contributed by atoms with Crippen molar-refractivity contribution in [2.75, 3.05) is 0 Å². The molecule has 74 valence electrons. The first kappa shape index (κ1) is 11.8. The Kier molecular flexibility index (Phi) is 3.72. The van der Waals surface area contributed by atoms with Gasteiger partial charge in [0.1, 0.15) is 5.67 Å². The van der Waals surface area contributed by atoms with Crippen LogP contribution < -0.4 is 5.73 Å². The summed E-state index contributed by atoms with van der Waals surface area (Å²) in [5.41, 5.74) is 4.30. The zero-order valence-electron chi connectivity index (χ0n) is 8.26. The van der Waals surface area contributed by atoms with Crippen molar-refractivity contribution in [3.63, 3.8) is 0 Å². The topological polar surface area (TPSA) is 46.2 Å². The molecule has 0 aromatic rings. The van der Waals surface area contributed by atoms with Gasteiger partial charge in [-0.1, -0.05) is 12.7 Å². The molecular weight excluding hydrogens is 169 g/mol. The molecule has 0 saturated carbocycles. The minimum Gasteiger partial charge on any atom is -0.513 e. The number of hydrogen-bond acceptors (Lipinski definition) is 2. The van der Waals surface area contributed by atoms with Crippen LogP contribution in [0, 0.1) is 0 Å². The van der Waals surface area contributed by atoms with Crippen molar-refractivity contribution >= 4 is 0 Å². The van der Waals surface area contributed by atoms with Crippen LogP contribution in [0.15, 0.2) is 35.8 Å². The summed E-state index contributed by atoms with van der Waals surface area (Å²) in [6.07, 6.45) is 2.81. The van der Waals surface area contributed by atoms with E-state index in [2.05, 4.69) is 6.58 Å². The van der Waals surface area contributed by atoms with Gasteiger partial charge in [-0.3, -0.25) is 0 Å². The molecule has 0 atom stereocenters. The highest BCUT2D eigenvalue weighted by atomic mass is 19.1. The summed E-state index contributed by atoms with van der Waals surface area (Å²) in [4.78, 5) is 0. The van der Waals surface area contributed by atoms with Crippen molar-refractivity contribution in [3.05, 3.63) is 35.8 Å². The van der Waals surface area contributed by atoms with E-state index < -0.39 is 5.67 Å². The van der Waals surface area contributed by atoms with Gasteiger partial charge in [-0.25, -0.2) is 4.39 Å². The van der Waals surface area contributed by atoms with E-state index in [1.807, 2.05) is 0 Å². The number of allylic oxidation sites excluding steroid dienone is 4. The number of alkyl halides is 1. The van der Waals surface area contributed by atoms with E-state index >= 15 is 0 Å². The molecule has 0 aromatic heterocycles. The first-order valence-electron chi connectivity index (χ1n) is 3.97. The van der Waals surface area contributed by atoms with Crippen LogP contribution in [0.1, 0.15) is 20.8 Å². The van der Waals surface area contributed by atoms with Crippen molar-refractivity contribution in [1.82, 2.24) is 0 Å². The van der Waals surface area contributed by atoms with Crippen molar-refractivity contribution in [2.45, 2.75) is 26.4 Å². The lowest BCUT2D eigenvalue weighted by atomic mass is 9.97. The minimum atomic E-state index is -1.54. The lowest BCUT2D eigenvalue weighted by Crippen LogP contribution is -2.20. The fourth-order valence-electron chi connectivity index (χ4n) is 0.891. The molecular formula is C10H16FNO. The van der Waals surface area contributed by atoms with Crippen LogP contribution in [0.3, 0.4) is 0 Å². The maximum Gasteiger partial charge on any atom is 0.132 e. The number of halogens is 1. The Hall–Kier alpha value is -1.25. The molecule has 3 N–H and O–H groups in total. The Morgan fingerprint density at radius 2 is 1.92 bits per heavy atom. The van der Waals surface area contributed by atoms with Crippen LogP contribution in [-0.2, 0) is 0 Å². The van der Waals surface area contributed by atoms with E-state index in [9.17, 15) is 4.39 Å². The van der Waals surface area contributed by atoms with Gasteiger partial charge in [0.25, 0.3) is 0 Å². The number of aliphatic hydroxyl groups is 1. The van der Waals surface area contributed by atoms with Crippen LogP contribution in [0.2, 0.25) is 0 Å². The third-order valence-corrected chi connectivity index (χ3v) is 1.48. The number of aliphatic hydroxyl groups excluding tert-OH is 1. The van der Waals surface area contributed by atoms with Crippen molar-refractivity contribution in [3.8, 4) is 0 Å².